The molecule has 1 N–H and O–H groups in total. The van der Waals surface area contributed by atoms with Gasteiger partial charge in [0.15, 0.2) is 11.7 Å². The molecule has 1 heterocycles. The summed E-state index contributed by atoms with van der Waals surface area (Å²) in [5, 5.41) is 9.98. The zero-order chi connectivity index (χ0) is 22.0. The molecule has 0 aliphatic rings. The number of ketones is 1. The number of thiazole rings is 1. The number of carbonyl (C=O) groups excluding carboxylic acids is 1. The summed E-state index contributed by atoms with van der Waals surface area (Å²) in [5.41, 5.74) is 1.21. The second-order valence-corrected chi connectivity index (χ2v) is 9.33. The fourth-order valence-corrected chi connectivity index (χ4v) is 5.01. The van der Waals surface area contributed by atoms with Crippen molar-refractivity contribution in [2.75, 3.05) is 4.72 Å². The first kappa shape index (κ1) is 20.7. The van der Waals surface area contributed by atoms with Crippen LogP contribution in [0.3, 0.4) is 0 Å². The number of fused-ring (bicyclic) bond motifs is 1. The van der Waals surface area contributed by atoms with Crippen LogP contribution in [0.5, 0.6) is 0 Å². The van der Waals surface area contributed by atoms with Crippen LogP contribution in [0.15, 0.2) is 77.7 Å². The molecule has 31 heavy (non-hydrogen) atoms. The molecule has 154 valence electrons. The van der Waals surface area contributed by atoms with Crippen LogP contribution in [-0.2, 0) is 10.0 Å². The predicted molar refractivity (Wildman–Crippen MR) is 116 cm³/mol. The van der Waals surface area contributed by atoms with E-state index in [2.05, 4.69) is 9.71 Å². The molecule has 1 unspecified atom stereocenters. The number of para-hydroxylation sites is 1. The maximum atomic E-state index is 13.0. The van der Waals surface area contributed by atoms with Gasteiger partial charge in [-0.15, -0.1) is 11.3 Å². The third-order valence-corrected chi connectivity index (χ3v) is 6.99. The number of sulfonamides is 1. The number of rotatable bonds is 6. The van der Waals surface area contributed by atoms with Gasteiger partial charge in [-0.25, -0.2) is 17.8 Å². The highest BCUT2D eigenvalue weighted by Gasteiger charge is 2.25. The molecule has 0 aliphatic heterocycles. The topological polar surface area (TPSA) is 99.9 Å². The summed E-state index contributed by atoms with van der Waals surface area (Å²) in [7, 11) is -3.90. The molecule has 3 aromatic carbocycles. The van der Waals surface area contributed by atoms with Gasteiger partial charge in [0.2, 0.25) is 0 Å². The van der Waals surface area contributed by atoms with Crippen molar-refractivity contribution in [3.05, 3.63) is 89.2 Å². The summed E-state index contributed by atoms with van der Waals surface area (Å²) in [4.78, 5) is 17.2. The van der Waals surface area contributed by atoms with Gasteiger partial charge >= 0.3 is 0 Å². The Morgan fingerprint density at radius 2 is 1.71 bits per heavy atom. The summed E-state index contributed by atoms with van der Waals surface area (Å²) in [6, 6.07) is 19.6. The third kappa shape index (κ3) is 4.30. The first-order chi connectivity index (χ1) is 14.9. The largest absolute Gasteiger partial charge is 0.292 e. The first-order valence-corrected chi connectivity index (χ1v) is 11.3. The molecule has 0 saturated carbocycles. The zero-order valence-electron chi connectivity index (χ0n) is 15.8. The number of aromatic nitrogens is 1. The van der Waals surface area contributed by atoms with Crippen molar-refractivity contribution in [2.24, 2.45) is 0 Å². The van der Waals surface area contributed by atoms with Crippen molar-refractivity contribution < 1.29 is 17.6 Å². The van der Waals surface area contributed by atoms with Crippen molar-refractivity contribution in [3.8, 4) is 6.07 Å². The van der Waals surface area contributed by atoms with Crippen LogP contribution in [0.2, 0.25) is 0 Å². The summed E-state index contributed by atoms with van der Waals surface area (Å²) in [5.74, 6) is -2.02. The Balaban J connectivity index is 1.54. The number of hydrogen-bond acceptors (Lipinski definition) is 6. The minimum absolute atomic E-state index is 0.0885. The fraction of sp³-hybridized carbons (Fsp3) is 0.0455. The van der Waals surface area contributed by atoms with Gasteiger partial charge in [-0.2, -0.15) is 5.26 Å². The van der Waals surface area contributed by atoms with E-state index in [4.69, 9.17) is 0 Å². The standard InChI is InChI=1S/C22H14FN3O3S2/c23-15-7-11-17(12-8-15)31(28,29)26-16-9-5-14(6-10-16)21(27)18(13-24)22-25-19-3-1-2-4-20(19)30-22/h1-12,18,26H. The molecule has 0 radical (unpaired) electrons. The lowest BCUT2D eigenvalue weighted by atomic mass is 9.99. The van der Waals surface area contributed by atoms with Crippen LogP contribution in [0, 0.1) is 17.1 Å². The average Bonchev–Trinajstić information content (AvgIpc) is 3.18. The Labute approximate surface area is 181 Å². The molecule has 6 nitrogen and oxygen atoms in total. The molecule has 0 saturated heterocycles. The SMILES string of the molecule is N#CC(C(=O)c1ccc(NS(=O)(=O)c2ccc(F)cc2)cc1)c1nc2ccccc2s1. The van der Waals surface area contributed by atoms with Crippen LogP contribution >= 0.6 is 11.3 Å². The molecular weight excluding hydrogens is 437 g/mol. The van der Waals surface area contributed by atoms with Gasteiger partial charge in [0, 0.05) is 11.3 Å². The van der Waals surface area contributed by atoms with Crippen LogP contribution < -0.4 is 4.72 Å². The predicted octanol–water partition coefficient (Wildman–Crippen LogP) is 4.73. The molecule has 0 aliphatic carbocycles. The van der Waals surface area contributed by atoms with E-state index < -0.39 is 27.5 Å². The first-order valence-electron chi connectivity index (χ1n) is 9.05. The normalized spacial score (nSPS) is 12.3. The molecule has 0 bridgehead atoms. The van der Waals surface area contributed by atoms with Crippen molar-refractivity contribution in [2.45, 2.75) is 10.8 Å². The number of anilines is 1. The van der Waals surface area contributed by atoms with Crippen LogP contribution in [0.1, 0.15) is 21.3 Å². The zero-order valence-corrected chi connectivity index (χ0v) is 17.5. The van der Waals surface area contributed by atoms with Gasteiger partial charge in [-0.1, -0.05) is 12.1 Å². The number of nitrogens with one attached hydrogen (secondary N) is 1. The maximum absolute atomic E-state index is 13.0. The van der Waals surface area contributed by atoms with E-state index in [1.807, 2.05) is 30.3 Å². The monoisotopic (exact) mass is 451 g/mol. The minimum atomic E-state index is -3.90. The van der Waals surface area contributed by atoms with E-state index in [9.17, 15) is 22.9 Å². The summed E-state index contributed by atoms with van der Waals surface area (Å²) in [6.45, 7) is 0. The van der Waals surface area contributed by atoms with Gasteiger partial charge in [0.05, 0.1) is 21.2 Å². The van der Waals surface area contributed by atoms with Crippen molar-refractivity contribution in [3.63, 3.8) is 0 Å². The molecule has 0 amide bonds. The van der Waals surface area contributed by atoms with Crippen LogP contribution in [0.4, 0.5) is 10.1 Å². The number of nitrogens with zero attached hydrogens (tertiary/aromatic N) is 2. The van der Waals surface area contributed by atoms with E-state index in [1.54, 1.807) is 0 Å². The Morgan fingerprint density at radius 1 is 1.03 bits per heavy atom. The Kier molecular flexibility index (Phi) is 5.50. The van der Waals surface area contributed by atoms with Gasteiger partial charge in [-0.3, -0.25) is 9.52 Å². The number of nitriles is 1. The van der Waals surface area contributed by atoms with Gasteiger partial charge in [0.25, 0.3) is 10.0 Å². The number of halogens is 1. The highest BCUT2D eigenvalue weighted by molar-refractivity contribution is 7.92. The van der Waals surface area contributed by atoms with Crippen molar-refractivity contribution in [1.82, 2.24) is 4.98 Å². The van der Waals surface area contributed by atoms with E-state index in [0.29, 0.717) is 5.01 Å². The highest BCUT2D eigenvalue weighted by atomic mass is 32.2. The lowest BCUT2D eigenvalue weighted by Crippen LogP contribution is -2.14. The van der Waals surface area contributed by atoms with Crippen molar-refractivity contribution >= 4 is 43.0 Å². The molecular formula is C22H14FN3O3S2. The lowest BCUT2D eigenvalue weighted by Gasteiger charge is -2.09. The van der Waals surface area contributed by atoms with Gasteiger partial charge in [-0.05, 0) is 60.7 Å². The van der Waals surface area contributed by atoms with Crippen molar-refractivity contribution in [1.29, 1.82) is 5.26 Å². The third-order valence-electron chi connectivity index (χ3n) is 4.49. The maximum Gasteiger partial charge on any atom is 0.261 e. The quantitative estimate of drug-likeness (QED) is 0.427. The van der Waals surface area contributed by atoms with Crippen LogP contribution in [-0.4, -0.2) is 19.2 Å². The summed E-state index contributed by atoms with van der Waals surface area (Å²) < 4.78 is 41.1. The Bertz CT molecular complexity index is 1370. The molecule has 1 aromatic heterocycles. The molecule has 4 rings (SSSR count). The minimum Gasteiger partial charge on any atom is -0.292 e. The summed E-state index contributed by atoms with van der Waals surface area (Å²) in [6.07, 6.45) is 0. The second-order valence-electron chi connectivity index (χ2n) is 6.58. The second kappa shape index (κ2) is 8.26. The number of Topliss-reactive ketones (excluding diaryl/α,β-unsaturated/α-hetero) is 1. The number of carbonyl (C=O) groups is 1. The number of hydrogen-bond donors (Lipinski definition) is 1. The van der Waals surface area contributed by atoms with Gasteiger partial charge < -0.3 is 0 Å². The summed E-state index contributed by atoms with van der Waals surface area (Å²) >= 11 is 1.29. The molecule has 9 heteroatoms. The van der Waals surface area contributed by atoms with Gasteiger partial charge in [0.1, 0.15) is 10.8 Å². The fourth-order valence-electron chi connectivity index (χ4n) is 2.94. The van der Waals surface area contributed by atoms with E-state index in [1.165, 1.54) is 35.6 Å². The van der Waals surface area contributed by atoms with E-state index in [-0.39, 0.29) is 16.1 Å². The number of benzene rings is 3. The lowest BCUT2D eigenvalue weighted by molar-refractivity contribution is 0.0979. The Morgan fingerprint density at radius 3 is 2.35 bits per heavy atom. The average molecular weight is 452 g/mol. The highest BCUT2D eigenvalue weighted by Crippen LogP contribution is 2.29. The van der Waals surface area contributed by atoms with E-state index >= 15 is 0 Å². The molecule has 4 aromatic rings. The molecule has 0 spiro atoms. The molecule has 0 fully saturated rings. The van der Waals surface area contributed by atoms with E-state index in [0.717, 1.165) is 34.5 Å². The molecule has 1 atom stereocenters. The Hall–Kier alpha value is -3.61. The van der Waals surface area contributed by atoms with Crippen LogP contribution in [0.25, 0.3) is 10.2 Å². The smallest absolute Gasteiger partial charge is 0.261 e.